The number of carbonyl (C=O) groups is 2. The number of carbonyl (C=O) groups excluding carboxylic acids is 2. The Balaban J connectivity index is 1.84. The molecule has 0 spiro atoms. The summed E-state index contributed by atoms with van der Waals surface area (Å²) in [5.41, 5.74) is 0.947. The van der Waals surface area contributed by atoms with Crippen molar-refractivity contribution in [1.29, 1.82) is 0 Å². The number of nitrogens with zero attached hydrogens (tertiary/aromatic N) is 1. The number of hydrogen-bond donors (Lipinski definition) is 1. The summed E-state index contributed by atoms with van der Waals surface area (Å²) in [4.78, 5) is 25.8. The monoisotopic (exact) mass is 522 g/mol. The normalized spacial score (nSPS) is 15.7. The average Bonchev–Trinajstić information content (AvgIpc) is 3.28. The minimum Gasteiger partial charge on any atom is -0.379 e. The van der Waals surface area contributed by atoms with E-state index in [1.807, 2.05) is 13.8 Å². The Bertz CT molecular complexity index is 1150. The predicted molar refractivity (Wildman–Crippen MR) is 134 cm³/mol. The van der Waals surface area contributed by atoms with Crippen LogP contribution in [0.2, 0.25) is 5.02 Å². The molecule has 0 saturated carbocycles. The first-order chi connectivity index (χ1) is 16.5. The van der Waals surface area contributed by atoms with Crippen LogP contribution < -0.4 is 9.50 Å². The largest absolute Gasteiger partial charge is 0.379 e. The van der Waals surface area contributed by atoms with Crippen LogP contribution in [0.15, 0.2) is 47.4 Å². The molecule has 0 radical (unpaired) electrons. The van der Waals surface area contributed by atoms with Crippen molar-refractivity contribution < 1.29 is 26.9 Å². The highest BCUT2D eigenvalue weighted by molar-refractivity contribution is 7.87. The van der Waals surface area contributed by atoms with Crippen LogP contribution in [-0.4, -0.2) is 44.4 Å². The van der Waals surface area contributed by atoms with Gasteiger partial charge in [-0.25, -0.2) is 0 Å². The third-order valence-corrected chi connectivity index (χ3v) is 6.91. The van der Waals surface area contributed by atoms with E-state index in [-0.39, 0.29) is 41.0 Å². The minimum absolute atomic E-state index is 0.0437. The maximum absolute atomic E-state index is 13.0. The quantitative estimate of drug-likeness (QED) is 0.457. The molecule has 1 saturated heterocycles. The zero-order valence-electron chi connectivity index (χ0n) is 20.1. The Morgan fingerprint density at radius 3 is 2.51 bits per heavy atom. The first-order valence-electron chi connectivity index (χ1n) is 11.5. The van der Waals surface area contributed by atoms with Crippen molar-refractivity contribution in [2.24, 2.45) is 5.92 Å². The second-order valence-corrected chi connectivity index (χ2v) is 11.0. The molecule has 10 heteroatoms. The van der Waals surface area contributed by atoms with Crippen molar-refractivity contribution in [3.8, 4) is 5.75 Å². The highest BCUT2D eigenvalue weighted by Crippen LogP contribution is 2.29. The Morgan fingerprint density at radius 2 is 1.91 bits per heavy atom. The van der Waals surface area contributed by atoms with Crippen LogP contribution in [0.3, 0.4) is 0 Å². The lowest BCUT2D eigenvalue weighted by atomic mass is 10.1. The van der Waals surface area contributed by atoms with E-state index < -0.39 is 10.1 Å². The Hall–Kier alpha value is -2.62. The molecule has 1 heterocycles. The van der Waals surface area contributed by atoms with Crippen LogP contribution >= 0.6 is 11.6 Å². The fraction of sp³-hybridized carbons (Fsp3) is 0.440. The molecule has 0 aliphatic carbocycles. The number of anilines is 1. The molecule has 0 aromatic heterocycles. The fourth-order valence-electron chi connectivity index (χ4n) is 3.80. The van der Waals surface area contributed by atoms with E-state index in [9.17, 15) is 18.0 Å². The van der Waals surface area contributed by atoms with Crippen LogP contribution in [-0.2, 0) is 31.0 Å². The number of amides is 2. The summed E-state index contributed by atoms with van der Waals surface area (Å²) in [5, 5.41) is 2.99. The van der Waals surface area contributed by atoms with Crippen molar-refractivity contribution in [1.82, 2.24) is 4.90 Å². The highest BCUT2D eigenvalue weighted by atomic mass is 35.5. The third kappa shape index (κ3) is 7.95. The Morgan fingerprint density at radius 1 is 1.20 bits per heavy atom. The molecule has 1 aliphatic heterocycles. The predicted octanol–water partition coefficient (Wildman–Crippen LogP) is 4.62. The molecule has 190 valence electrons. The lowest BCUT2D eigenvalue weighted by Crippen LogP contribution is -2.37. The molecule has 2 aromatic carbocycles. The fourth-order valence-corrected chi connectivity index (χ4v) is 4.96. The molecule has 2 amide bonds. The van der Waals surface area contributed by atoms with Crippen LogP contribution in [0.4, 0.5) is 5.69 Å². The molecule has 1 fully saturated rings. The molecular formula is C25H31ClN2O6S. The summed E-state index contributed by atoms with van der Waals surface area (Å²) in [6, 6.07) is 10.3. The number of hydrogen-bond acceptors (Lipinski definition) is 6. The lowest BCUT2D eigenvalue weighted by Gasteiger charge is -2.27. The van der Waals surface area contributed by atoms with Crippen molar-refractivity contribution in [3.05, 3.63) is 53.1 Å². The van der Waals surface area contributed by atoms with E-state index in [1.165, 1.54) is 43.3 Å². The van der Waals surface area contributed by atoms with Crippen molar-refractivity contribution in [3.63, 3.8) is 0 Å². The van der Waals surface area contributed by atoms with Crippen LogP contribution in [0.25, 0.3) is 0 Å². The first kappa shape index (κ1) is 27.0. The van der Waals surface area contributed by atoms with Gasteiger partial charge in [-0.15, -0.1) is 0 Å². The second-order valence-electron chi connectivity index (χ2n) is 9.00. The van der Waals surface area contributed by atoms with Gasteiger partial charge < -0.3 is 19.1 Å². The zero-order valence-corrected chi connectivity index (χ0v) is 21.7. The van der Waals surface area contributed by atoms with Gasteiger partial charge in [-0.3, -0.25) is 9.59 Å². The third-order valence-electron chi connectivity index (χ3n) is 5.43. The smallest absolute Gasteiger partial charge is 0.339 e. The average molecular weight is 523 g/mol. The van der Waals surface area contributed by atoms with E-state index in [0.29, 0.717) is 35.8 Å². The van der Waals surface area contributed by atoms with Crippen LogP contribution in [0.5, 0.6) is 5.75 Å². The molecule has 1 aliphatic rings. The van der Waals surface area contributed by atoms with Gasteiger partial charge in [0, 0.05) is 49.3 Å². The molecule has 35 heavy (non-hydrogen) atoms. The van der Waals surface area contributed by atoms with Crippen molar-refractivity contribution in [2.75, 3.05) is 18.5 Å². The van der Waals surface area contributed by atoms with E-state index in [0.717, 1.165) is 12.8 Å². The summed E-state index contributed by atoms with van der Waals surface area (Å²) in [5.74, 6) is -0.0412. The van der Waals surface area contributed by atoms with Gasteiger partial charge >= 0.3 is 10.1 Å². The van der Waals surface area contributed by atoms with Crippen LogP contribution in [0, 0.1) is 5.92 Å². The maximum Gasteiger partial charge on any atom is 0.339 e. The molecule has 8 nitrogen and oxygen atoms in total. The molecule has 2 aromatic rings. The van der Waals surface area contributed by atoms with E-state index >= 15 is 0 Å². The summed E-state index contributed by atoms with van der Waals surface area (Å²) in [6.07, 6.45) is 2.12. The SMILES string of the molecule is CC(=O)Nc1ccc(S(=O)(=O)Oc2ccc(Cl)cc2CN(C[C@@H]2CCCO2)C(=O)CC(C)C)cc1. The summed E-state index contributed by atoms with van der Waals surface area (Å²) < 4.78 is 37.2. The molecule has 0 unspecified atom stereocenters. The van der Waals surface area contributed by atoms with Gasteiger partial charge in [0.1, 0.15) is 10.6 Å². The van der Waals surface area contributed by atoms with Crippen molar-refractivity contribution >= 4 is 39.2 Å². The molecular weight excluding hydrogens is 492 g/mol. The topological polar surface area (TPSA) is 102 Å². The van der Waals surface area contributed by atoms with Gasteiger partial charge in [0.15, 0.2) is 0 Å². The van der Waals surface area contributed by atoms with Crippen LogP contribution in [0.1, 0.15) is 45.6 Å². The molecule has 0 bridgehead atoms. The van der Waals surface area contributed by atoms with Gasteiger partial charge in [-0.05, 0) is 61.2 Å². The minimum atomic E-state index is -4.18. The number of benzene rings is 2. The zero-order chi connectivity index (χ0) is 25.6. The van der Waals surface area contributed by atoms with Gasteiger partial charge in [0.25, 0.3) is 0 Å². The molecule has 1 N–H and O–H groups in total. The van der Waals surface area contributed by atoms with E-state index in [4.69, 9.17) is 20.5 Å². The van der Waals surface area contributed by atoms with E-state index in [2.05, 4.69) is 5.32 Å². The highest BCUT2D eigenvalue weighted by Gasteiger charge is 2.26. The summed E-state index contributed by atoms with van der Waals surface area (Å²) in [6.45, 7) is 6.53. The molecule has 1 atom stereocenters. The second kappa shape index (κ2) is 11.9. The lowest BCUT2D eigenvalue weighted by molar-refractivity contribution is -0.134. The van der Waals surface area contributed by atoms with Crippen molar-refractivity contribution in [2.45, 2.75) is 57.6 Å². The van der Waals surface area contributed by atoms with Gasteiger partial charge in [-0.1, -0.05) is 25.4 Å². The maximum atomic E-state index is 13.0. The van der Waals surface area contributed by atoms with E-state index in [1.54, 1.807) is 11.0 Å². The van der Waals surface area contributed by atoms with Gasteiger partial charge in [-0.2, -0.15) is 8.42 Å². The summed E-state index contributed by atoms with van der Waals surface area (Å²) >= 11 is 6.21. The number of nitrogens with one attached hydrogen (secondary N) is 1. The van der Waals surface area contributed by atoms with Gasteiger partial charge in [0.2, 0.25) is 11.8 Å². The number of ether oxygens (including phenoxy) is 1. The number of rotatable bonds is 10. The Kier molecular flexibility index (Phi) is 9.15. The Labute approximate surface area is 211 Å². The number of halogens is 1. The first-order valence-corrected chi connectivity index (χ1v) is 13.3. The molecule has 3 rings (SSSR count). The standard InChI is InChI=1S/C25H31ClN2O6S/c1-17(2)13-25(30)28(16-22-5-4-12-33-22)15-19-14-20(26)6-11-24(19)34-35(31,32)23-9-7-21(8-10-23)27-18(3)29/h6-11,14,17,22H,4-5,12-13,15-16H2,1-3H3,(H,27,29)/t22-/m0/s1. The summed E-state index contributed by atoms with van der Waals surface area (Å²) in [7, 11) is -4.18. The van der Waals surface area contributed by atoms with Gasteiger partial charge in [0.05, 0.1) is 6.10 Å².